The molecule has 0 aromatic carbocycles. The van der Waals surface area contributed by atoms with Gasteiger partial charge in [-0.25, -0.2) is 0 Å². The van der Waals surface area contributed by atoms with Gasteiger partial charge in [0.25, 0.3) is 0 Å². The quantitative estimate of drug-likeness (QED) is 0.263. The Labute approximate surface area is 154 Å². The van der Waals surface area contributed by atoms with Crippen LogP contribution in [-0.2, 0) is 72.3 Å². The molecule has 0 aromatic rings. The molecule has 116 valence electrons. The molecule has 0 bridgehead atoms. The molecule has 0 amide bonds. The van der Waals surface area contributed by atoms with Gasteiger partial charge in [0.2, 0.25) is 0 Å². The SMILES string of the molecule is C=COC([CH]=[W])C1(O)OC(=O)C[C-]1C.CC.[CH2]=[W].[CH2]=[W]. The van der Waals surface area contributed by atoms with Crippen molar-refractivity contribution in [1.29, 1.82) is 0 Å². The molecule has 0 saturated carbocycles. The monoisotopic (exact) mass is 793 g/mol. The third kappa shape index (κ3) is 8.18. The van der Waals surface area contributed by atoms with Crippen molar-refractivity contribution in [2.75, 3.05) is 0 Å². The molecule has 2 atom stereocenters. The minimum absolute atomic E-state index is 0.136. The average molecular weight is 793 g/mol. The number of esters is 1. The van der Waals surface area contributed by atoms with Crippen molar-refractivity contribution < 1.29 is 77.4 Å². The summed E-state index contributed by atoms with van der Waals surface area (Å²) in [6.45, 7) is 9.07. The summed E-state index contributed by atoms with van der Waals surface area (Å²) in [5.41, 5.74) is 0. The van der Waals surface area contributed by atoms with Gasteiger partial charge in [-0.05, 0) is 0 Å². The van der Waals surface area contributed by atoms with E-state index in [1.165, 1.54) is 45.0 Å². The summed E-state index contributed by atoms with van der Waals surface area (Å²) >= 11 is 3.79. The van der Waals surface area contributed by atoms with Crippen LogP contribution in [0.25, 0.3) is 0 Å². The molecule has 20 heavy (non-hydrogen) atoms. The van der Waals surface area contributed by atoms with Crippen LogP contribution in [-0.4, -0.2) is 37.2 Å². The molecular formula is C13H21O4W3-. The predicted molar refractivity (Wildman–Crippen MR) is 71.3 cm³/mol. The van der Waals surface area contributed by atoms with E-state index < -0.39 is 17.9 Å². The van der Waals surface area contributed by atoms with Crippen LogP contribution < -0.4 is 0 Å². The Kier molecular flexibility index (Phi) is 20.5. The zero-order valence-corrected chi connectivity index (χ0v) is 20.8. The van der Waals surface area contributed by atoms with E-state index in [0.29, 0.717) is 5.92 Å². The van der Waals surface area contributed by atoms with Crippen molar-refractivity contribution in [2.45, 2.75) is 39.1 Å². The molecule has 1 aliphatic rings. The molecule has 0 spiro atoms. The van der Waals surface area contributed by atoms with Crippen LogP contribution in [0.5, 0.6) is 0 Å². The van der Waals surface area contributed by atoms with E-state index >= 15 is 0 Å². The fraction of sp³-hybridized carbons (Fsp3) is 0.462. The zero-order valence-electron chi connectivity index (χ0n) is 12.0. The van der Waals surface area contributed by atoms with E-state index in [1.807, 2.05) is 13.8 Å². The summed E-state index contributed by atoms with van der Waals surface area (Å²) in [5, 5.41) is 10.1. The molecule has 1 aliphatic heterocycles. The Bertz CT molecular complexity index is 297. The van der Waals surface area contributed by atoms with Gasteiger partial charge in [-0.2, -0.15) is 0 Å². The average Bonchev–Trinajstić information content (AvgIpc) is 2.76. The van der Waals surface area contributed by atoms with Crippen LogP contribution in [0.2, 0.25) is 0 Å². The third-order valence-corrected chi connectivity index (χ3v) is 2.93. The van der Waals surface area contributed by atoms with Crippen LogP contribution >= 0.6 is 0 Å². The predicted octanol–water partition coefficient (Wildman–Crippen LogP) is 1.05. The molecule has 0 aromatic heterocycles. The Balaban J connectivity index is -0.000000425. The molecule has 2 unspecified atom stereocenters. The van der Waals surface area contributed by atoms with Gasteiger partial charge >= 0.3 is 142 Å². The first-order valence-corrected chi connectivity index (χ1v) is 11.4. The van der Waals surface area contributed by atoms with Crippen LogP contribution in [0, 0.1) is 5.92 Å². The van der Waals surface area contributed by atoms with Gasteiger partial charge in [0.05, 0.1) is 0 Å². The molecule has 1 fully saturated rings. The molecule has 1 saturated heterocycles. The van der Waals surface area contributed by atoms with Gasteiger partial charge in [-0.1, -0.05) is 13.8 Å². The second-order valence-electron chi connectivity index (χ2n) is 2.99. The maximum absolute atomic E-state index is 11.0. The van der Waals surface area contributed by atoms with Crippen molar-refractivity contribution >= 4 is 20.2 Å². The molecule has 1 heterocycles. The Hall–Kier alpha value is 0.645. The van der Waals surface area contributed by atoms with Gasteiger partial charge < -0.3 is 0 Å². The van der Waals surface area contributed by atoms with E-state index in [-0.39, 0.29) is 6.42 Å². The number of ether oxygens (including phenoxy) is 2. The molecular weight excluding hydrogens is 772 g/mol. The van der Waals surface area contributed by atoms with Crippen molar-refractivity contribution in [3.8, 4) is 0 Å². The van der Waals surface area contributed by atoms with Crippen molar-refractivity contribution in [3.63, 3.8) is 0 Å². The van der Waals surface area contributed by atoms with Gasteiger partial charge in [-0.3, -0.25) is 0 Å². The summed E-state index contributed by atoms with van der Waals surface area (Å²) in [5.74, 6) is -1.49. The molecule has 0 aliphatic carbocycles. The van der Waals surface area contributed by atoms with E-state index in [1.54, 1.807) is 11.3 Å². The molecule has 7 heteroatoms. The third-order valence-electron chi connectivity index (χ3n) is 2.04. The van der Waals surface area contributed by atoms with Gasteiger partial charge in [0, 0.05) is 0 Å². The van der Waals surface area contributed by atoms with E-state index in [0.717, 1.165) is 19.4 Å². The van der Waals surface area contributed by atoms with Crippen LogP contribution in [0.3, 0.4) is 0 Å². The normalized spacial score (nSPS) is 21.3. The van der Waals surface area contributed by atoms with E-state index in [4.69, 9.17) is 9.47 Å². The number of carbonyl (C=O) groups is 1. The maximum atomic E-state index is 11.0. The number of cyclic esters (lactones) is 1. The molecule has 4 nitrogen and oxygen atoms in total. The number of carbonyl (C=O) groups excluding carboxylic acids is 1. The van der Waals surface area contributed by atoms with Crippen molar-refractivity contribution in [1.82, 2.24) is 0 Å². The first-order valence-electron chi connectivity index (χ1n) is 5.61. The minimum atomic E-state index is -1.62. The molecule has 1 N–H and O–H groups in total. The fourth-order valence-electron chi connectivity index (χ4n) is 1.26. The topological polar surface area (TPSA) is 55.8 Å². The zero-order chi connectivity index (χ0) is 16.8. The summed E-state index contributed by atoms with van der Waals surface area (Å²) in [4.78, 5) is 17.7. The van der Waals surface area contributed by atoms with Crippen molar-refractivity contribution in [2.24, 2.45) is 0 Å². The summed E-state index contributed by atoms with van der Waals surface area (Å²) in [6.07, 6.45) is 0.694. The number of hydrogen-bond donors (Lipinski definition) is 1. The number of aliphatic hydroxyl groups is 1. The Morgan fingerprint density at radius 2 is 1.90 bits per heavy atom. The van der Waals surface area contributed by atoms with Crippen LogP contribution in [0.15, 0.2) is 12.8 Å². The summed E-state index contributed by atoms with van der Waals surface area (Å²) < 4.78 is 11.6. The van der Waals surface area contributed by atoms with Crippen LogP contribution in [0.4, 0.5) is 0 Å². The van der Waals surface area contributed by atoms with E-state index in [2.05, 4.69) is 16.4 Å². The number of rotatable bonds is 4. The Morgan fingerprint density at radius 1 is 1.45 bits per heavy atom. The van der Waals surface area contributed by atoms with Crippen LogP contribution in [0.1, 0.15) is 27.2 Å². The van der Waals surface area contributed by atoms with Gasteiger partial charge in [-0.15, -0.1) is 0 Å². The molecule has 0 radical (unpaired) electrons. The Morgan fingerprint density at radius 3 is 2.15 bits per heavy atom. The second kappa shape index (κ2) is 16.0. The summed E-state index contributed by atoms with van der Waals surface area (Å²) in [7, 11) is 0. The van der Waals surface area contributed by atoms with Crippen molar-refractivity contribution in [3.05, 3.63) is 18.8 Å². The first-order chi connectivity index (χ1) is 9.54. The fourth-order valence-corrected chi connectivity index (χ4v) is 2.15. The van der Waals surface area contributed by atoms with Gasteiger partial charge in [0.15, 0.2) is 0 Å². The standard InChI is InChI=1S/C9H11O4.C2H6.2CH2.3W/c1-4-12-7(3)9(11)6(2)5-8(10)13-9;1-2;;;;;/h3-4,7,11H,1,5H2,2H3;1-2H3;2*1H2;;;/q-1;;;;;;. The first kappa shape index (κ1) is 25.6. The molecule has 1 rings (SSSR count). The number of hydrogen-bond acceptors (Lipinski definition) is 4. The summed E-state index contributed by atoms with van der Waals surface area (Å²) in [6, 6.07) is 0. The second-order valence-corrected chi connectivity index (χ2v) is 3.96. The van der Waals surface area contributed by atoms with Gasteiger partial charge in [0.1, 0.15) is 0 Å². The van der Waals surface area contributed by atoms with E-state index in [9.17, 15) is 9.90 Å².